The Kier molecular flexibility index (Phi) is 4.18. The van der Waals surface area contributed by atoms with E-state index in [0.29, 0.717) is 0 Å². The van der Waals surface area contributed by atoms with Crippen LogP contribution >= 0.6 is 12.6 Å². The van der Waals surface area contributed by atoms with E-state index in [-0.39, 0.29) is 5.91 Å². The van der Waals surface area contributed by atoms with Crippen LogP contribution in [0.15, 0.2) is 87.1 Å². The molecule has 128 valence electrons. The molecule has 1 N–H and O–H groups in total. The minimum Gasteiger partial charge on any atom is -0.326 e. The lowest BCUT2D eigenvalue weighted by molar-refractivity contribution is -0.114. The molecule has 2 aromatic rings. The smallest absolute Gasteiger partial charge is 0.221 e. The van der Waals surface area contributed by atoms with Crippen molar-refractivity contribution in [2.75, 3.05) is 5.32 Å². The molecule has 26 heavy (non-hydrogen) atoms. The Morgan fingerprint density at radius 3 is 2.85 bits per heavy atom. The van der Waals surface area contributed by atoms with E-state index in [2.05, 4.69) is 27.9 Å². The van der Waals surface area contributed by atoms with Crippen LogP contribution in [0.5, 0.6) is 0 Å². The number of hydrogen-bond acceptors (Lipinski definition) is 4. The zero-order valence-electron chi connectivity index (χ0n) is 14.0. The number of thiol groups is 1. The van der Waals surface area contributed by atoms with Gasteiger partial charge in [-0.25, -0.2) is 0 Å². The number of aromatic nitrogens is 1. The van der Waals surface area contributed by atoms with E-state index in [1.54, 1.807) is 12.4 Å². The van der Waals surface area contributed by atoms with E-state index in [4.69, 9.17) is 0 Å². The number of aliphatic imine (C=N–C) groups is 2. The first kappa shape index (κ1) is 16.4. The maximum atomic E-state index is 11.4. The van der Waals surface area contributed by atoms with Crippen molar-refractivity contribution in [3.8, 4) is 5.69 Å². The SMILES string of the molecule is CC(=O)Nc1cccc(-n2c(S)ccc2C2=NC=CC2=C2C=CC=N2)c1. The number of allylic oxidation sites excluding steroid dienone is 4. The van der Waals surface area contributed by atoms with Crippen LogP contribution in [0, 0.1) is 0 Å². The third kappa shape index (κ3) is 2.95. The first-order valence-electron chi connectivity index (χ1n) is 8.12. The third-order valence-corrected chi connectivity index (χ3v) is 4.41. The standard InChI is InChI=1S/C20H16N4OS/c1-13(25)23-14-4-2-5-15(12-14)24-18(7-8-19(24)26)20-16(9-11-22-20)17-6-3-10-21-17/h2-12,26H,1H3,(H,23,25). The molecule has 3 heterocycles. The van der Waals surface area contributed by atoms with E-state index in [9.17, 15) is 4.79 Å². The lowest BCUT2D eigenvalue weighted by Crippen LogP contribution is -2.11. The predicted molar refractivity (Wildman–Crippen MR) is 108 cm³/mol. The van der Waals surface area contributed by atoms with Gasteiger partial charge < -0.3 is 9.88 Å². The normalized spacial score (nSPS) is 17.8. The number of carbonyl (C=O) groups is 1. The fourth-order valence-electron chi connectivity index (χ4n) is 3.01. The molecule has 0 atom stereocenters. The average molecular weight is 360 g/mol. The van der Waals surface area contributed by atoms with Crippen LogP contribution in [-0.2, 0) is 4.79 Å². The van der Waals surface area contributed by atoms with Gasteiger partial charge in [0.25, 0.3) is 0 Å². The molecule has 4 rings (SSSR count). The van der Waals surface area contributed by atoms with Gasteiger partial charge in [0.1, 0.15) is 0 Å². The monoisotopic (exact) mass is 360 g/mol. The van der Waals surface area contributed by atoms with Crippen molar-refractivity contribution in [2.45, 2.75) is 11.9 Å². The Balaban J connectivity index is 1.80. The van der Waals surface area contributed by atoms with Gasteiger partial charge in [-0.2, -0.15) is 0 Å². The van der Waals surface area contributed by atoms with Gasteiger partial charge in [-0.05, 0) is 48.6 Å². The molecule has 0 spiro atoms. The van der Waals surface area contributed by atoms with Crippen molar-refractivity contribution in [2.24, 2.45) is 9.98 Å². The number of nitrogens with one attached hydrogen (secondary N) is 1. The number of hydrogen-bond donors (Lipinski definition) is 2. The van der Waals surface area contributed by atoms with Crippen molar-refractivity contribution in [3.05, 3.63) is 77.8 Å². The minimum atomic E-state index is -0.108. The summed E-state index contributed by atoms with van der Waals surface area (Å²) in [6.45, 7) is 1.49. The lowest BCUT2D eigenvalue weighted by atomic mass is 10.1. The van der Waals surface area contributed by atoms with Gasteiger partial charge in [0.05, 0.1) is 22.1 Å². The molecule has 0 radical (unpaired) electrons. The summed E-state index contributed by atoms with van der Waals surface area (Å²) in [6.07, 6.45) is 9.38. The molecule has 1 amide bonds. The highest BCUT2D eigenvalue weighted by Gasteiger charge is 2.21. The lowest BCUT2D eigenvalue weighted by Gasteiger charge is -2.14. The summed E-state index contributed by atoms with van der Waals surface area (Å²) in [5.74, 6) is -0.108. The Morgan fingerprint density at radius 1 is 1.19 bits per heavy atom. The number of nitrogens with zero attached hydrogens (tertiary/aromatic N) is 3. The summed E-state index contributed by atoms with van der Waals surface area (Å²) >= 11 is 4.61. The Hall–Kier alpha value is -3.12. The second-order valence-electron chi connectivity index (χ2n) is 5.87. The minimum absolute atomic E-state index is 0.108. The van der Waals surface area contributed by atoms with Crippen LogP contribution < -0.4 is 5.32 Å². The molecule has 0 fully saturated rings. The van der Waals surface area contributed by atoms with Crippen LogP contribution in [0.25, 0.3) is 5.69 Å². The first-order valence-corrected chi connectivity index (χ1v) is 8.57. The predicted octanol–water partition coefficient (Wildman–Crippen LogP) is 3.94. The number of benzene rings is 1. The van der Waals surface area contributed by atoms with Gasteiger partial charge in [0.15, 0.2) is 0 Å². The third-order valence-electron chi connectivity index (χ3n) is 4.06. The van der Waals surface area contributed by atoms with Crippen LogP contribution in [0.3, 0.4) is 0 Å². The van der Waals surface area contributed by atoms with Gasteiger partial charge in [0, 0.05) is 36.3 Å². The fourth-order valence-corrected chi connectivity index (χ4v) is 3.31. The highest BCUT2D eigenvalue weighted by molar-refractivity contribution is 7.80. The summed E-state index contributed by atoms with van der Waals surface area (Å²) in [6, 6.07) is 11.6. The molecule has 1 aromatic heterocycles. The van der Waals surface area contributed by atoms with E-state index >= 15 is 0 Å². The summed E-state index contributed by atoms with van der Waals surface area (Å²) in [5, 5.41) is 3.59. The fraction of sp³-hybridized carbons (Fsp3) is 0.0500. The maximum absolute atomic E-state index is 11.4. The summed E-state index contributed by atoms with van der Waals surface area (Å²) in [4.78, 5) is 20.3. The topological polar surface area (TPSA) is 58.8 Å². The molecule has 0 aliphatic carbocycles. The maximum Gasteiger partial charge on any atom is 0.221 e. The summed E-state index contributed by atoms with van der Waals surface area (Å²) < 4.78 is 2.00. The second-order valence-corrected chi connectivity index (χ2v) is 6.33. The molecular weight excluding hydrogens is 344 g/mol. The number of carbonyl (C=O) groups excluding carboxylic acids is 1. The zero-order valence-corrected chi connectivity index (χ0v) is 14.9. The van der Waals surface area contributed by atoms with Crippen molar-refractivity contribution in [1.82, 2.24) is 4.57 Å². The van der Waals surface area contributed by atoms with Gasteiger partial charge >= 0.3 is 0 Å². The number of anilines is 1. The van der Waals surface area contributed by atoms with Crippen LogP contribution in [-0.4, -0.2) is 22.4 Å². The van der Waals surface area contributed by atoms with Crippen molar-refractivity contribution in [3.63, 3.8) is 0 Å². The molecule has 0 saturated carbocycles. The molecule has 2 aliphatic heterocycles. The van der Waals surface area contributed by atoms with E-state index < -0.39 is 0 Å². The van der Waals surface area contributed by atoms with E-state index in [1.165, 1.54) is 6.92 Å². The van der Waals surface area contributed by atoms with Gasteiger partial charge in [-0.3, -0.25) is 14.8 Å². The Bertz CT molecular complexity index is 1040. The number of rotatable bonds is 3. The molecule has 2 aliphatic rings. The quantitative estimate of drug-likeness (QED) is 0.801. The highest BCUT2D eigenvalue weighted by Crippen LogP contribution is 2.28. The Labute approximate surface area is 156 Å². The van der Waals surface area contributed by atoms with Crippen molar-refractivity contribution in [1.29, 1.82) is 0 Å². The summed E-state index contributed by atoms with van der Waals surface area (Å²) in [7, 11) is 0. The van der Waals surface area contributed by atoms with Crippen LogP contribution in [0.2, 0.25) is 0 Å². The number of amides is 1. The molecule has 6 heteroatoms. The molecule has 0 unspecified atom stereocenters. The zero-order chi connectivity index (χ0) is 18.1. The van der Waals surface area contributed by atoms with E-state index in [1.807, 2.05) is 59.2 Å². The second kappa shape index (κ2) is 6.65. The molecule has 0 saturated heterocycles. The largest absolute Gasteiger partial charge is 0.326 e. The van der Waals surface area contributed by atoms with Crippen molar-refractivity contribution < 1.29 is 4.79 Å². The van der Waals surface area contributed by atoms with Crippen LogP contribution in [0.1, 0.15) is 12.6 Å². The van der Waals surface area contributed by atoms with Gasteiger partial charge in [0.2, 0.25) is 5.91 Å². The van der Waals surface area contributed by atoms with Crippen LogP contribution in [0.4, 0.5) is 5.69 Å². The summed E-state index contributed by atoms with van der Waals surface area (Å²) in [5.41, 5.74) is 5.24. The van der Waals surface area contributed by atoms with Gasteiger partial charge in [-0.1, -0.05) is 6.07 Å². The van der Waals surface area contributed by atoms with Crippen molar-refractivity contribution >= 4 is 36.1 Å². The molecule has 5 nitrogen and oxygen atoms in total. The molecule has 1 aromatic carbocycles. The first-order chi connectivity index (χ1) is 12.6. The Morgan fingerprint density at radius 2 is 2.08 bits per heavy atom. The van der Waals surface area contributed by atoms with Gasteiger partial charge in [-0.15, -0.1) is 12.6 Å². The highest BCUT2D eigenvalue weighted by atomic mass is 32.1. The van der Waals surface area contributed by atoms with E-state index in [0.717, 1.165) is 39.1 Å². The molecular formula is C20H16N4OS. The average Bonchev–Trinajstić information content (AvgIpc) is 3.34. The molecule has 0 bridgehead atoms.